The van der Waals surface area contributed by atoms with Gasteiger partial charge in [0, 0.05) is 13.2 Å². The van der Waals surface area contributed by atoms with Crippen LogP contribution in [0.25, 0.3) is 0 Å². The Morgan fingerprint density at radius 3 is 2.79 bits per heavy atom. The summed E-state index contributed by atoms with van der Waals surface area (Å²) in [5.74, 6) is 6.41. The van der Waals surface area contributed by atoms with Crippen LogP contribution in [0.1, 0.15) is 6.42 Å². The molecule has 0 amide bonds. The lowest BCUT2D eigenvalue weighted by molar-refractivity contribution is 0.292. The highest BCUT2D eigenvalue weighted by molar-refractivity contribution is 9.10. The van der Waals surface area contributed by atoms with Gasteiger partial charge in [-0.2, -0.15) is 0 Å². The first-order valence-electron chi connectivity index (χ1n) is 4.11. The van der Waals surface area contributed by atoms with E-state index in [1.54, 1.807) is 0 Å². The van der Waals surface area contributed by atoms with E-state index in [1.807, 2.05) is 0 Å². The molecule has 6 nitrogen and oxygen atoms in total. The van der Waals surface area contributed by atoms with Crippen molar-refractivity contribution in [3.63, 3.8) is 0 Å². The van der Waals surface area contributed by atoms with Gasteiger partial charge in [0.2, 0.25) is 0 Å². The average molecular weight is 262 g/mol. The molecule has 14 heavy (non-hydrogen) atoms. The molecule has 1 rings (SSSR count). The number of aromatic nitrogens is 2. The Morgan fingerprint density at radius 1 is 1.43 bits per heavy atom. The first kappa shape index (κ1) is 11.2. The SMILES string of the molecule is NNc1ncnc(NCCCO)c1Br. The largest absolute Gasteiger partial charge is 0.396 e. The van der Waals surface area contributed by atoms with Crippen LogP contribution in [0.2, 0.25) is 0 Å². The van der Waals surface area contributed by atoms with Crippen LogP contribution in [0.4, 0.5) is 11.6 Å². The highest BCUT2D eigenvalue weighted by Crippen LogP contribution is 2.25. The van der Waals surface area contributed by atoms with Crippen LogP contribution in [-0.4, -0.2) is 28.2 Å². The van der Waals surface area contributed by atoms with E-state index in [2.05, 4.69) is 36.6 Å². The van der Waals surface area contributed by atoms with Crippen molar-refractivity contribution in [3.05, 3.63) is 10.8 Å². The van der Waals surface area contributed by atoms with Gasteiger partial charge in [-0.15, -0.1) is 0 Å². The fourth-order valence-electron chi connectivity index (χ4n) is 0.880. The predicted octanol–water partition coefficient (Wildman–Crippen LogP) is 0.319. The lowest BCUT2D eigenvalue weighted by atomic mass is 10.4. The van der Waals surface area contributed by atoms with Crippen LogP contribution in [-0.2, 0) is 0 Å². The Morgan fingerprint density at radius 2 is 2.14 bits per heavy atom. The number of hydrogen-bond donors (Lipinski definition) is 4. The summed E-state index contributed by atoms with van der Waals surface area (Å²) in [7, 11) is 0. The number of nitrogens with one attached hydrogen (secondary N) is 2. The van der Waals surface area contributed by atoms with Gasteiger partial charge in [-0.05, 0) is 22.4 Å². The van der Waals surface area contributed by atoms with E-state index >= 15 is 0 Å². The molecule has 0 bridgehead atoms. The molecule has 0 aliphatic rings. The van der Waals surface area contributed by atoms with E-state index in [0.717, 1.165) is 0 Å². The zero-order valence-corrected chi connectivity index (χ0v) is 9.08. The summed E-state index contributed by atoms with van der Waals surface area (Å²) < 4.78 is 0.681. The fraction of sp³-hybridized carbons (Fsp3) is 0.429. The molecule has 0 radical (unpaired) electrons. The van der Waals surface area contributed by atoms with Crippen LogP contribution in [0, 0.1) is 0 Å². The third kappa shape index (κ3) is 2.79. The molecule has 0 aromatic carbocycles. The number of halogens is 1. The molecule has 7 heteroatoms. The normalized spacial score (nSPS) is 9.93. The number of aliphatic hydroxyl groups excluding tert-OH is 1. The van der Waals surface area contributed by atoms with Gasteiger partial charge in [0.15, 0.2) is 5.82 Å². The van der Waals surface area contributed by atoms with Crippen molar-refractivity contribution in [2.24, 2.45) is 5.84 Å². The van der Waals surface area contributed by atoms with Crippen molar-refractivity contribution >= 4 is 27.6 Å². The Balaban J connectivity index is 2.66. The second-order valence-corrected chi connectivity index (χ2v) is 3.33. The van der Waals surface area contributed by atoms with Crippen molar-refractivity contribution in [2.75, 3.05) is 23.9 Å². The van der Waals surface area contributed by atoms with Crippen LogP contribution in [0.5, 0.6) is 0 Å². The molecule has 78 valence electrons. The quantitative estimate of drug-likeness (QED) is 0.347. The smallest absolute Gasteiger partial charge is 0.159 e. The van der Waals surface area contributed by atoms with Crippen LogP contribution in [0.3, 0.4) is 0 Å². The highest BCUT2D eigenvalue weighted by atomic mass is 79.9. The van der Waals surface area contributed by atoms with Gasteiger partial charge in [0.1, 0.15) is 16.6 Å². The van der Waals surface area contributed by atoms with E-state index in [1.165, 1.54) is 6.33 Å². The van der Waals surface area contributed by atoms with E-state index in [9.17, 15) is 0 Å². The molecule has 0 spiro atoms. The van der Waals surface area contributed by atoms with Crippen molar-refractivity contribution in [1.82, 2.24) is 9.97 Å². The Hall–Kier alpha value is -0.920. The van der Waals surface area contributed by atoms with Crippen molar-refractivity contribution in [2.45, 2.75) is 6.42 Å². The second-order valence-electron chi connectivity index (χ2n) is 2.53. The summed E-state index contributed by atoms with van der Waals surface area (Å²) >= 11 is 3.30. The number of nitrogens with zero attached hydrogens (tertiary/aromatic N) is 2. The maximum Gasteiger partial charge on any atom is 0.159 e. The Bertz CT molecular complexity index is 295. The van der Waals surface area contributed by atoms with Gasteiger partial charge in [0.25, 0.3) is 0 Å². The summed E-state index contributed by atoms with van der Waals surface area (Å²) in [4.78, 5) is 7.91. The molecule has 0 saturated heterocycles. The summed E-state index contributed by atoms with van der Waals surface area (Å²) in [5, 5.41) is 11.6. The van der Waals surface area contributed by atoms with Crippen LogP contribution >= 0.6 is 15.9 Å². The second kappa shape index (κ2) is 5.74. The summed E-state index contributed by atoms with van der Waals surface area (Å²) in [5.41, 5.74) is 2.44. The van der Waals surface area contributed by atoms with E-state index < -0.39 is 0 Å². The Labute approximate surface area is 90.0 Å². The van der Waals surface area contributed by atoms with Gasteiger partial charge in [-0.3, -0.25) is 0 Å². The molecule has 0 aliphatic carbocycles. The molecule has 1 aromatic rings. The molecule has 0 unspecified atom stereocenters. The molecular weight excluding hydrogens is 250 g/mol. The lowest BCUT2D eigenvalue weighted by Crippen LogP contribution is -2.12. The number of anilines is 2. The molecular formula is C7H12BrN5O. The molecule has 0 atom stereocenters. The van der Waals surface area contributed by atoms with Gasteiger partial charge in [0.05, 0.1) is 0 Å². The maximum atomic E-state index is 8.60. The van der Waals surface area contributed by atoms with Crippen LogP contribution in [0.15, 0.2) is 10.8 Å². The first-order chi connectivity index (χ1) is 6.79. The van der Waals surface area contributed by atoms with Gasteiger partial charge < -0.3 is 15.8 Å². The molecule has 0 fully saturated rings. The number of nitrogens with two attached hydrogens (primary N) is 1. The minimum Gasteiger partial charge on any atom is -0.396 e. The standard InChI is InChI=1S/C7H12BrN5O/c8-5-6(10-2-1-3-14)11-4-12-7(5)13-9/h4,14H,1-3,9H2,(H2,10,11,12,13). The predicted molar refractivity (Wildman–Crippen MR) is 57.7 cm³/mol. The van der Waals surface area contributed by atoms with Gasteiger partial charge in [-0.25, -0.2) is 15.8 Å². The van der Waals surface area contributed by atoms with Crippen molar-refractivity contribution < 1.29 is 5.11 Å². The number of hydrazine groups is 1. The molecule has 5 N–H and O–H groups in total. The zero-order chi connectivity index (χ0) is 10.4. The minimum atomic E-state index is 0.150. The minimum absolute atomic E-state index is 0.150. The number of hydrogen-bond acceptors (Lipinski definition) is 6. The summed E-state index contributed by atoms with van der Waals surface area (Å²) in [6.07, 6.45) is 2.07. The Kier molecular flexibility index (Phi) is 4.57. The van der Waals surface area contributed by atoms with E-state index in [0.29, 0.717) is 29.1 Å². The molecule has 1 aromatic heterocycles. The van der Waals surface area contributed by atoms with Crippen molar-refractivity contribution in [1.29, 1.82) is 0 Å². The molecule has 0 saturated carbocycles. The third-order valence-electron chi connectivity index (χ3n) is 1.55. The summed E-state index contributed by atoms with van der Waals surface area (Å²) in [6.45, 7) is 0.799. The first-order valence-corrected chi connectivity index (χ1v) is 4.90. The highest BCUT2D eigenvalue weighted by Gasteiger charge is 2.06. The lowest BCUT2D eigenvalue weighted by Gasteiger charge is -2.08. The number of rotatable bonds is 5. The summed E-state index contributed by atoms with van der Waals surface area (Å²) in [6, 6.07) is 0. The number of nitrogen functional groups attached to an aromatic ring is 1. The van der Waals surface area contributed by atoms with Gasteiger partial charge in [-0.1, -0.05) is 0 Å². The fourth-order valence-corrected chi connectivity index (χ4v) is 1.34. The number of aliphatic hydroxyl groups is 1. The van der Waals surface area contributed by atoms with E-state index in [-0.39, 0.29) is 6.61 Å². The van der Waals surface area contributed by atoms with Gasteiger partial charge >= 0.3 is 0 Å². The third-order valence-corrected chi connectivity index (χ3v) is 2.30. The maximum absolute atomic E-state index is 8.60. The van der Waals surface area contributed by atoms with Crippen molar-refractivity contribution in [3.8, 4) is 0 Å². The topological polar surface area (TPSA) is 96.1 Å². The molecule has 0 aliphatic heterocycles. The zero-order valence-electron chi connectivity index (χ0n) is 7.50. The monoisotopic (exact) mass is 261 g/mol. The molecule has 1 heterocycles. The van der Waals surface area contributed by atoms with E-state index in [4.69, 9.17) is 10.9 Å². The van der Waals surface area contributed by atoms with Crippen LogP contribution < -0.4 is 16.6 Å². The average Bonchev–Trinajstić information content (AvgIpc) is 2.21.